The van der Waals surface area contributed by atoms with Crippen LogP contribution in [0.5, 0.6) is 0 Å². The van der Waals surface area contributed by atoms with Gasteiger partial charge in [0, 0.05) is 12.6 Å². The maximum absolute atomic E-state index is 9.42. The van der Waals surface area contributed by atoms with Crippen LogP contribution in [-0.4, -0.2) is 23.8 Å². The topological polar surface area (TPSA) is 32.3 Å². The van der Waals surface area contributed by atoms with E-state index in [9.17, 15) is 5.11 Å². The molecule has 2 nitrogen and oxygen atoms in total. The van der Waals surface area contributed by atoms with Crippen molar-refractivity contribution in [1.29, 1.82) is 0 Å². The Morgan fingerprint density at radius 1 is 1.00 bits per heavy atom. The van der Waals surface area contributed by atoms with Gasteiger partial charge >= 0.3 is 0 Å². The Morgan fingerprint density at radius 2 is 1.65 bits per heavy atom. The number of rotatable bonds is 4. The van der Waals surface area contributed by atoms with E-state index in [1.807, 2.05) is 6.92 Å². The molecule has 100 valence electrons. The first-order valence-electron chi connectivity index (χ1n) is 7.69. The lowest BCUT2D eigenvalue weighted by atomic mass is 9.71. The fraction of sp³-hybridized carbons (Fsp3) is 1.00. The van der Waals surface area contributed by atoms with Crippen LogP contribution in [0.15, 0.2) is 0 Å². The number of nitrogens with one attached hydrogen (secondary N) is 1. The molecule has 0 aromatic carbocycles. The third kappa shape index (κ3) is 3.96. The first-order chi connectivity index (χ1) is 8.27. The summed E-state index contributed by atoms with van der Waals surface area (Å²) in [5.41, 5.74) is 0. The normalized spacial score (nSPS) is 33.5. The van der Waals surface area contributed by atoms with Crippen molar-refractivity contribution in [2.75, 3.05) is 6.54 Å². The monoisotopic (exact) mass is 239 g/mol. The minimum atomic E-state index is -0.205. The maximum atomic E-state index is 9.42. The molecule has 3 atom stereocenters. The van der Waals surface area contributed by atoms with Gasteiger partial charge in [0.25, 0.3) is 0 Å². The Hall–Kier alpha value is -0.0800. The Morgan fingerprint density at radius 3 is 2.35 bits per heavy atom. The molecule has 0 aliphatic heterocycles. The van der Waals surface area contributed by atoms with Crippen molar-refractivity contribution >= 4 is 0 Å². The molecular weight excluding hydrogens is 210 g/mol. The molecular formula is C15H29NO. The zero-order chi connectivity index (χ0) is 12.1. The summed E-state index contributed by atoms with van der Waals surface area (Å²) in [6.07, 6.45) is 12.6. The van der Waals surface area contributed by atoms with Gasteiger partial charge in [-0.1, -0.05) is 44.9 Å². The molecule has 2 aliphatic rings. The molecule has 0 bridgehead atoms. The highest BCUT2D eigenvalue weighted by Crippen LogP contribution is 2.38. The SMILES string of the molecule is CC(O)CNC1CCCCC1C1CCCCC1. The second-order valence-corrected chi connectivity index (χ2v) is 6.21. The van der Waals surface area contributed by atoms with Crippen LogP contribution in [0.25, 0.3) is 0 Å². The third-order valence-corrected chi connectivity index (χ3v) is 4.75. The Kier molecular flexibility index (Phi) is 5.30. The lowest BCUT2D eigenvalue weighted by Crippen LogP contribution is -2.44. The number of aliphatic hydroxyl groups excluding tert-OH is 1. The Labute approximate surface area is 106 Å². The minimum absolute atomic E-state index is 0.205. The van der Waals surface area contributed by atoms with Crippen LogP contribution in [0.3, 0.4) is 0 Å². The van der Waals surface area contributed by atoms with E-state index in [0.29, 0.717) is 6.04 Å². The second kappa shape index (κ2) is 6.75. The summed E-state index contributed by atoms with van der Waals surface area (Å²) in [4.78, 5) is 0. The fourth-order valence-electron chi connectivity index (χ4n) is 3.86. The predicted molar refractivity (Wildman–Crippen MR) is 72.0 cm³/mol. The molecule has 17 heavy (non-hydrogen) atoms. The van der Waals surface area contributed by atoms with Gasteiger partial charge in [0.1, 0.15) is 0 Å². The van der Waals surface area contributed by atoms with E-state index in [4.69, 9.17) is 0 Å². The summed E-state index contributed by atoms with van der Waals surface area (Å²) in [5.74, 6) is 1.86. The molecule has 3 unspecified atom stereocenters. The van der Waals surface area contributed by atoms with Gasteiger partial charge in [-0.25, -0.2) is 0 Å². The van der Waals surface area contributed by atoms with Crippen molar-refractivity contribution in [2.24, 2.45) is 11.8 Å². The lowest BCUT2D eigenvalue weighted by molar-refractivity contribution is 0.129. The van der Waals surface area contributed by atoms with Gasteiger partial charge in [0.2, 0.25) is 0 Å². The summed E-state index contributed by atoms with van der Waals surface area (Å²) in [7, 11) is 0. The van der Waals surface area contributed by atoms with Crippen LogP contribution in [0.2, 0.25) is 0 Å². The molecule has 0 amide bonds. The van der Waals surface area contributed by atoms with Crippen LogP contribution < -0.4 is 5.32 Å². The molecule has 2 N–H and O–H groups in total. The van der Waals surface area contributed by atoms with Gasteiger partial charge < -0.3 is 10.4 Å². The van der Waals surface area contributed by atoms with E-state index in [2.05, 4.69) is 5.32 Å². The summed E-state index contributed by atoms with van der Waals surface area (Å²) < 4.78 is 0. The quantitative estimate of drug-likeness (QED) is 0.790. The fourth-order valence-corrected chi connectivity index (χ4v) is 3.86. The number of hydrogen-bond donors (Lipinski definition) is 2. The second-order valence-electron chi connectivity index (χ2n) is 6.21. The van der Waals surface area contributed by atoms with Gasteiger partial charge in [0.15, 0.2) is 0 Å². The van der Waals surface area contributed by atoms with Crippen molar-refractivity contribution in [3.63, 3.8) is 0 Å². The average molecular weight is 239 g/mol. The highest BCUT2D eigenvalue weighted by molar-refractivity contribution is 4.87. The van der Waals surface area contributed by atoms with Gasteiger partial charge in [0.05, 0.1) is 6.10 Å². The van der Waals surface area contributed by atoms with Crippen LogP contribution in [0.4, 0.5) is 0 Å². The van der Waals surface area contributed by atoms with Crippen LogP contribution in [0.1, 0.15) is 64.7 Å². The van der Waals surface area contributed by atoms with Crippen LogP contribution in [0, 0.1) is 11.8 Å². The van der Waals surface area contributed by atoms with Crippen molar-refractivity contribution in [1.82, 2.24) is 5.32 Å². The van der Waals surface area contributed by atoms with E-state index in [0.717, 1.165) is 18.4 Å². The van der Waals surface area contributed by atoms with E-state index < -0.39 is 0 Å². The van der Waals surface area contributed by atoms with Crippen molar-refractivity contribution in [3.8, 4) is 0 Å². The number of aliphatic hydroxyl groups is 1. The van der Waals surface area contributed by atoms with Crippen LogP contribution >= 0.6 is 0 Å². The largest absolute Gasteiger partial charge is 0.392 e. The van der Waals surface area contributed by atoms with Crippen molar-refractivity contribution in [2.45, 2.75) is 76.9 Å². The molecule has 2 heteroatoms. The first-order valence-corrected chi connectivity index (χ1v) is 7.69. The smallest absolute Gasteiger partial charge is 0.0636 e. The number of hydrogen-bond acceptors (Lipinski definition) is 2. The van der Waals surface area contributed by atoms with Crippen molar-refractivity contribution < 1.29 is 5.11 Å². The summed E-state index contributed by atoms with van der Waals surface area (Å²) in [6.45, 7) is 2.65. The van der Waals surface area contributed by atoms with E-state index in [1.165, 1.54) is 57.8 Å². The summed E-state index contributed by atoms with van der Waals surface area (Å²) in [6, 6.07) is 0.682. The molecule has 0 radical (unpaired) electrons. The Bertz CT molecular complexity index is 211. The lowest BCUT2D eigenvalue weighted by Gasteiger charge is -2.39. The van der Waals surface area contributed by atoms with Gasteiger partial charge in [-0.05, 0) is 31.6 Å². The molecule has 2 fully saturated rings. The standard InChI is InChI=1S/C15H29NO/c1-12(17)11-16-15-10-6-5-9-14(15)13-7-3-2-4-8-13/h12-17H,2-11H2,1H3. The minimum Gasteiger partial charge on any atom is -0.392 e. The predicted octanol–water partition coefficient (Wildman–Crippen LogP) is 3.10. The van der Waals surface area contributed by atoms with Gasteiger partial charge in [-0.3, -0.25) is 0 Å². The highest BCUT2D eigenvalue weighted by atomic mass is 16.3. The van der Waals surface area contributed by atoms with Gasteiger partial charge in [-0.15, -0.1) is 0 Å². The van der Waals surface area contributed by atoms with Crippen molar-refractivity contribution in [3.05, 3.63) is 0 Å². The molecule has 0 heterocycles. The molecule has 0 saturated heterocycles. The molecule has 0 spiro atoms. The van der Waals surface area contributed by atoms with Gasteiger partial charge in [-0.2, -0.15) is 0 Å². The zero-order valence-electron chi connectivity index (χ0n) is 11.3. The molecule has 2 rings (SSSR count). The Balaban J connectivity index is 1.86. The third-order valence-electron chi connectivity index (χ3n) is 4.75. The summed E-state index contributed by atoms with van der Waals surface area (Å²) in [5, 5.41) is 13.0. The molecule has 0 aromatic rings. The first kappa shape index (κ1) is 13.4. The average Bonchev–Trinajstić information content (AvgIpc) is 2.38. The van der Waals surface area contributed by atoms with Crippen LogP contribution in [-0.2, 0) is 0 Å². The van der Waals surface area contributed by atoms with E-state index >= 15 is 0 Å². The molecule has 2 saturated carbocycles. The van der Waals surface area contributed by atoms with E-state index in [-0.39, 0.29) is 6.10 Å². The maximum Gasteiger partial charge on any atom is 0.0636 e. The zero-order valence-corrected chi connectivity index (χ0v) is 11.3. The molecule has 0 aromatic heterocycles. The summed E-state index contributed by atoms with van der Waals surface area (Å²) >= 11 is 0. The van der Waals surface area contributed by atoms with E-state index in [1.54, 1.807) is 0 Å². The molecule has 2 aliphatic carbocycles. The highest BCUT2D eigenvalue weighted by Gasteiger charge is 2.32.